The van der Waals surface area contributed by atoms with Crippen LogP contribution in [0.25, 0.3) is 0 Å². The average Bonchev–Trinajstić information content (AvgIpc) is 2.91. The maximum atomic E-state index is 3.45. The molecule has 0 atom stereocenters. The van der Waals surface area contributed by atoms with Crippen molar-refractivity contribution in [3.05, 3.63) is 0 Å². The maximum Gasteiger partial charge on any atom is 0.0107 e. The van der Waals surface area contributed by atoms with E-state index in [0.717, 1.165) is 5.92 Å². The van der Waals surface area contributed by atoms with Gasteiger partial charge in [0.05, 0.1) is 0 Å². The first-order chi connectivity index (χ1) is 6.45. The van der Waals surface area contributed by atoms with E-state index in [1.807, 2.05) is 0 Å². The lowest BCUT2D eigenvalue weighted by Gasteiger charge is -2.18. The predicted octanol–water partition coefficient (Wildman–Crippen LogP) is 1.47. The maximum absolute atomic E-state index is 3.45. The largest absolute Gasteiger partial charge is 0.315 e. The van der Waals surface area contributed by atoms with E-state index in [1.165, 1.54) is 64.8 Å². The van der Waals surface area contributed by atoms with E-state index in [-0.39, 0.29) is 0 Å². The van der Waals surface area contributed by atoms with E-state index in [1.54, 1.807) is 0 Å². The Labute approximate surface area is 81.7 Å². The molecule has 13 heavy (non-hydrogen) atoms. The summed E-state index contributed by atoms with van der Waals surface area (Å²) in [4.78, 5) is 2.63. The van der Waals surface area contributed by atoms with Crippen molar-refractivity contribution >= 4 is 0 Å². The molecule has 76 valence electrons. The van der Waals surface area contributed by atoms with Crippen LogP contribution >= 0.6 is 0 Å². The molecule has 1 saturated carbocycles. The zero-order valence-electron chi connectivity index (χ0n) is 8.60. The van der Waals surface area contributed by atoms with Crippen LogP contribution < -0.4 is 5.32 Å². The highest BCUT2D eigenvalue weighted by atomic mass is 15.1. The van der Waals surface area contributed by atoms with Crippen LogP contribution in [0.3, 0.4) is 0 Å². The minimum atomic E-state index is 1.12. The smallest absolute Gasteiger partial charge is 0.0107 e. The Balaban J connectivity index is 1.55. The van der Waals surface area contributed by atoms with E-state index in [9.17, 15) is 0 Å². The molecule has 0 amide bonds. The summed E-state index contributed by atoms with van der Waals surface area (Å²) in [5.41, 5.74) is 0. The second kappa shape index (κ2) is 4.97. The van der Waals surface area contributed by atoms with Gasteiger partial charge in [-0.15, -0.1) is 0 Å². The molecular formula is C11H22N2. The topological polar surface area (TPSA) is 15.3 Å². The fourth-order valence-corrected chi connectivity index (χ4v) is 2.14. The second-order valence-corrected chi connectivity index (χ2v) is 4.53. The van der Waals surface area contributed by atoms with Crippen molar-refractivity contribution in [2.75, 3.05) is 32.7 Å². The van der Waals surface area contributed by atoms with Crippen molar-refractivity contribution in [3.8, 4) is 0 Å². The molecule has 0 aromatic heterocycles. The number of nitrogens with one attached hydrogen (secondary N) is 1. The molecule has 2 fully saturated rings. The lowest BCUT2D eigenvalue weighted by molar-refractivity contribution is 0.284. The SMILES string of the molecule is C1CNCCN(CCCC2CC2)C1. The fraction of sp³-hybridized carbons (Fsp3) is 1.00. The average molecular weight is 182 g/mol. The van der Waals surface area contributed by atoms with Gasteiger partial charge in [-0.25, -0.2) is 0 Å². The van der Waals surface area contributed by atoms with Crippen LogP contribution in [0.1, 0.15) is 32.1 Å². The first-order valence-electron chi connectivity index (χ1n) is 5.88. The Morgan fingerprint density at radius 1 is 1.15 bits per heavy atom. The van der Waals surface area contributed by atoms with E-state index < -0.39 is 0 Å². The molecular weight excluding hydrogens is 160 g/mol. The van der Waals surface area contributed by atoms with Crippen LogP contribution in [0, 0.1) is 5.92 Å². The van der Waals surface area contributed by atoms with Crippen LogP contribution in [-0.4, -0.2) is 37.6 Å². The number of rotatable bonds is 4. The van der Waals surface area contributed by atoms with E-state index in [4.69, 9.17) is 0 Å². The quantitative estimate of drug-likeness (QED) is 0.708. The molecule has 2 rings (SSSR count). The van der Waals surface area contributed by atoms with E-state index in [2.05, 4.69) is 10.2 Å². The highest BCUT2D eigenvalue weighted by Gasteiger charge is 2.20. The molecule has 2 heteroatoms. The molecule has 0 bridgehead atoms. The Hall–Kier alpha value is -0.0800. The van der Waals surface area contributed by atoms with Crippen molar-refractivity contribution < 1.29 is 0 Å². The monoisotopic (exact) mass is 182 g/mol. The van der Waals surface area contributed by atoms with Gasteiger partial charge in [0.1, 0.15) is 0 Å². The van der Waals surface area contributed by atoms with Crippen molar-refractivity contribution in [1.29, 1.82) is 0 Å². The summed E-state index contributed by atoms with van der Waals surface area (Å²) in [6, 6.07) is 0. The lowest BCUT2D eigenvalue weighted by Crippen LogP contribution is -2.29. The Morgan fingerprint density at radius 3 is 2.92 bits per heavy atom. The zero-order valence-corrected chi connectivity index (χ0v) is 8.60. The Kier molecular flexibility index (Phi) is 3.62. The third-order valence-corrected chi connectivity index (χ3v) is 3.22. The molecule has 1 aliphatic heterocycles. The van der Waals surface area contributed by atoms with Gasteiger partial charge in [0, 0.05) is 13.1 Å². The predicted molar refractivity (Wildman–Crippen MR) is 55.9 cm³/mol. The first-order valence-corrected chi connectivity index (χ1v) is 5.88. The fourth-order valence-electron chi connectivity index (χ4n) is 2.14. The van der Waals surface area contributed by atoms with Gasteiger partial charge in [-0.2, -0.15) is 0 Å². The molecule has 2 aliphatic rings. The molecule has 1 N–H and O–H groups in total. The molecule has 1 saturated heterocycles. The summed E-state index contributed by atoms with van der Waals surface area (Å²) >= 11 is 0. The summed E-state index contributed by atoms with van der Waals surface area (Å²) in [5.74, 6) is 1.12. The molecule has 0 radical (unpaired) electrons. The van der Waals surface area contributed by atoms with Gasteiger partial charge in [0.25, 0.3) is 0 Å². The lowest BCUT2D eigenvalue weighted by atomic mass is 10.2. The summed E-state index contributed by atoms with van der Waals surface area (Å²) in [5, 5.41) is 3.45. The van der Waals surface area contributed by atoms with Crippen LogP contribution in [0.15, 0.2) is 0 Å². The standard InChI is InChI=1S/C11H22N2/c1(3-11-4-5-11)8-13-9-2-6-12-7-10-13/h11-12H,1-10H2. The normalized spacial score (nSPS) is 25.8. The molecule has 0 aromatic rings. The van der Waals surface area contributed by atoms with Gasteiger partial charge in [-0.3, -0.25) is 0 Å². The van der Waals surface area contributed by atoms with Gasteiger partial charge in [0.15, 0.2) is 0 Å². The molecule has 2 nitrogen and oxygen atoms in total. The van der Waals surface area contributed by atoms with Gasteiger partial charge in [-0.1, -0.05) is 12.8 Å². The van der Waals surface area contributed by atoms with Crippen molar-refractivity contribution in [2.24, 2.45) is 5.92 Å². The van der Waals surface area contributed by atoms with Crippen LogP contribution in [-0.2, 0) is 0 Å². The minimum absolute atomic E-state index is 1.12. The third kappa shape index (κ3) is 3.65. The van der Waals surface area contributed by atoms with Crippen LogP contribution in [0.2, 0.25) is 0 Å². The zero-order chi connectivity index (χ0) is 8.93. The summed E-state index contributed by atoms with van der Waals surface area (Å²) < 4.78 is 0. The van der Waals surface area contributed by atoms with Crippen LogP contribution in [0.4, 0.5) is 0 Å². The first kappa shape index (κ1) is 9.47. The Morgan fingerprint density at radius 2 is 2.08 bits per heavy atom. The summed E-state index contributed by atoms with van der Waals surface area (Å²) in [6.07, 6.45) is 7.29. The van der Waals surface area contributed by atoms with Crippen molar-refractivity contribution in [3.63, 3.8) is 0 Å². The summed E-state index contributed by atoms with van der Waals surface area (Å²) in [6.45, 7) is 6.35. The van der Waals surface area contributed by atoms with E-state index in [0.29, 0.717) is 0 Å². The van der Waals surface area contributed by atoms with Gasteiger partial charge >= 0.3 is 0 Å². The van der Waals surface area contributed by atoms with E-state index >= 15 is 0 Å². The number of hydrogen-bond acceptors (Lipinski definition) is 2. The van der Waals surface area contributed by atoms with Crippen LogP contribution in [0.5, 0.6) is 0 Å². The minimum Gasteiger partial charge on any atom is -0.315 e. The molecule has 0 aromatic carbocycles. The molecule has 1 aliphatic carbocycles. The molecule has 1 heterocycles. The third-order valence-electron chi connectivity index (χ3n) is 3.22. The summed E-state index contributed by atoms with van der Waals surface area (Å²) in [7, 11) is 0. The Bertz CT molecular complexity index is 135. The highest BCUT2D eigenvalue weighted by molar-refractivity contribution is 4.74. The van der Waals surface area contributed by atoms with Crippen molar-refractivity contribution in [2.45, 2.75) is 32.1 Å². The highest BCUT2D eigenvalue weighted by Crippen LogP contribution is 2.33. The molecule has 0 unspecified atom stereocenters. The van der Waals surface area contributed by atoms with Crippen molar-refractivity contribution in [1.82, 2.24) is 10.2 Å². The number of nitrogens with zero attached hydrogens (tertiary/aromatic N) is 1. The number of hydrogen-bond donors (Lipinski definition) is 1. The second-order valence-electron chi connectivity index (χ2n) is 4.53. The molecule has 0 spiro atoms. The van der Waals surface area contributed by atoms with Gasteiger partial charge < -0.3 is 10.2 Å². The van der Waals surface area contributed by atoms with Gasteiger partial charge in [0.2, 0.25) is 0 Å². The van der Waals surface area contributed by atoms with Gasteiger partial charge in [-0.05, 0) is 44.8 Å².